The van der Waals surface area contributed by atoms with Gasteiger partial charge in [0.2, 0.25) is 5.88 Å². The van der Waals surface area contributed by atoms with E-state index in [4.69, 9.17) is 0 Å². The zero-order valence-corrected chi connectivity index (χ0v) is 14.8. The molecule has 0 bridgehead atoms. The Morgan fingerprint density at radius 3 is 2.57 bits per heavy atom. The summed E-state index contributed by atoms with van der Waals surface area (Å²) in [5, 5.41) is 33.6. The highest BCUT2D eigenvalue weighted by atomic mass is 16.6. The Balaban J connectivity index is 1.72. The van der Waals surface area contributed by atoms with Gasteiger partial charge in [0.05, 0.1) is 17.0 Å². The van der Waals surface area contributed by atoms with Crippen LogP contribution in [-0.2, 0) is 19.4 Å². The van der Waals surface area contributed by atoms with E-state index in [1.807, 2.05) is 30.3 Å². The molecule has 0 aliphatic heterocycles. The van der Waals surface area contributed by atoms with Crippen LogP contribution in [0.2, 0.25) is 0 Å². The molecule has 0 fully saturated rings. The lowest BCUT2D eigenvalue weighted by molar-refractivity contribution is -0.384. The summed E-state index contributed by atoms with van der Waals surface area (Å²) < 4.78 is 1.49. The number of benzene rings is 2. The van der Waals surface area contributed by atoms with E-state index in [1.165, 1.54) is 16.7 Å². The smallest absolute Gasteiger partial charge is 0.270 e. The third kappa shape index (κ3) is 2.29. The number of fused-ring (bicyclic) bond motifs is 5. The maximum absolute atomic E-state index is 11.2. The van der Waals surface area contributed by atoms with Crippen LogP contribution in [0, 0.1) is 10.1 Å². The number of nitrogens with zero attached hydrogens (tertiary/aromatic N) is 2. The monoisotopic (exact) mass is 375 g/mol. The molecular weight excluding hydrogens is 358 g/mol. The van der Waals surface area contributed by atoms with E-state index in [9.17, 15) is 20.3 Å². The summed E-state index contributed by atoms with van der Waals surface area (Å²) in [6.45, 7) is 0.337. The highest BCUT2D eigenvalue weighted by Gasteiger charge is 2.31. The van der Waals surface area contributed by atoms with Gasteiger partial charge in [-0.1, -0.05) is 30.3 Å². The predicted octanol–water partition coefficient (Wildman–Crippen LogP) is 4.10. The number of nitro benzene ring substituents is 1. The van der Waals surface area contributed by atoms with Gasteiger partial charge in [0.25, 0.3) is 5.69 Å². The Morgan fingerprint density at radius 2 is 1.82 bits per heavy atom. The second-order valence-corrected chi connectivity index (χ2v) is 7.04. The van der Waals surface area contributed by atoms with E-state index < -0.39 is 4.92 Å². The Labute approximate surface area is 159 Å². The molecule has 2 aromatic carbocycles. The van der Waals surface area contributed by atoms with E-state index >= 15 is 0 Å². The minimum Gasteiger partial charge on any atom is -0.494 e. The number of aryl methyl sites for hydroxylation is 1. The first kappa shape index (κ1) is 16.4. The van der Waals surface area contributed by atoms with Crippen LogP contribution >= 0.6 is 0 Å². The van der Waals surface area contributed by atoms with E-state index in [0.29, 0.717) is 35.9 Å². The summed E-state index contributed by atoms with van der Waals surface area (Å²) >= 11 is 0. The standard InChI is InChI=1S/C21H17N3O4/c25-20-14-7-9-17-18(15-10-13(24(27)28)6-8-16(15)22-17)19(14)21(26)23(20)11-12-4-2-1-3-5-12/h1-6,8,10,22,25-26H,7,9,11H2. The molecule has 1 aliphatic carbocycles. The first-order valence-electron chi connectivity index (χ1n) is 9.01. The maximum atomic E-state index is 11.2. The van der Waals surface area contributed by atoms with Crippen LogP contribution in [0.4, 0.5) is 5.69 Å². The van der Waals surface area contributed by atoms with Crippen molar-refractivity contribution in [2.75, 3.05) is 0 Å². The molecule has 1 aliphatic rings. The zero-order chi connectivity index (χ0) is 19.4. The molecule has 7 nitrogen and oxygen atoms in total. The summed E-state index contributed by atoms with van der Waals surface area (Å²) in [4.78, 5) is 14.1. The van der Waals surface area contributed by atoms with Gasteiger partial charge in [0, 0.05) is 39.9 Å². The Morgan fingerprint density at radius 1 is 1.04 bits per heavy atom. The third-order valence-electron chi connectivity index (χ3n) is 5.44. The summed E-state index contributed by atoms with van der Waals surface area (Å²) in [6.07, 6.45) is 1.24. The van der Waals surface area contributed by atoms with Gasteiger partial charge in [0.15, 0.2) is 5.88 Å². The van der Waals surface area contributed by atoms with Crippen LogP contribution in [0.25, 0.3) is 22.0 Å². The summed E-state index contributed by atoms with van der Waals surface area (Å²) in [6, 6.07) is 14.2. The minimum atomic E-state index is -0.430. The number of non-ortho nitro benzene ring substituents is 1. The number of hydrogen-bond donors (Lipinski definition) is 3. The fraction of sp³-hybridized carbons (Fsp3) is 0.143. The maximum Gasteiger partial charge on any atom is 0.270 e. The molecular formula is C21H17N3O4. The molecule has 0 unspecified atom stereocenters. The second-order valence-electron chi connectivity index (χ2n) is 7.04. The topological polar surface area (TPSA) is 104 Å². The van der Waals surface area contributed by atoms with Gasteiger partial charge >= 0.3 is 0 Å². The number of rotatable bonds is 3. The largest absolute Gasteiger partial charge is 0.494 e. The number of nitro groups is 1. The van der Waals surface area contributed by atoms with Gasteiger partial charge in [-0.15, -0.1) is 0 Å². The molecule has 3 N–H and O–H groups in total. The van der Waals surface area contributed by atoms with E-state index in [0.717, 1.165) is 22.3 Å². The summed E-state index contributed by atoms with van der Waals surface area (Å²) in [5.41, 5.74) is 4.60. The molecule has 28 heavy (non-hydrogen) atoms. The molecule has 2 aromatic heterocycles. The van der Waals surface area contributed by atoms with Crippen molar-refractivity contribution < 1.29 is 15.1 Å². The van der Waals surface area contributed by atoms with Crippen molar-refractivity contribution in [2.45, 2.75) is 19.4 Å². The van der Waals surface area contributed by atoms with Crippen molar-refractivity contribution in [3.05, 3.63) is 75.5 Å². The van der Waals surface area contributed by atoms with Gasteiger partial charge in [-0.05, 0) is 24.5 Å². The van der Waals surface area contributed by atoms with E-state index in [1.54, 1.807) is 6.07 Å². The van der Waals surface area contributed by atoms with Crippen molar-refractivity contribution in [1.29, 1.82) is 0 Å². The third-order valence-corrected chi connectivity index (χ3v) is 5.44. The van der Waals surface area contributed by atoms with Gasteiger partial charge < -0.3 is 15.2 Å². The van der Waals surface area contributed by atoms with Gasteiger partial charge in [-0.2, -0.15) is 0 Å². The molecule has 7 heteroatoms. The highest BCUT2D eigenvalue weighted by molar-refractivity contribution is 6.02. The lowest BCUT2D eigenvalue weighted by atomic mass is 9.91. The quantitative estimate of drug-likeness (QED) is 0.370. The molecule has 4 aromatic rings. The molecule has 2 heterocycles. The average Bonchev–Trinajstić information content (AvgIpc) is 3.19. The number of nitrogens with one attached hydrogen (secondary N) is 1. The minimum absolute atomic E-state index is 0.00569. The Hall–Kier alpha value is -3.74. The lowest BCUT2D eigenvalue weighted by Gasteiger charge is -2.12. The Bertz CT molecular complexity index is 1240. The van der Waals surface area contributed by atoms with Crippen molar-refractivity contribution in [1.82, 2.24) is 9.55 Å². The first-order chi connectivity index (χ1) is 13.5. The molecule has 0 saturated carbocycles. The number of H-pyrrole nitrogens is 1. The summed E-state index contributed by atoms with van der Waals surface area (Å²) in [7, 11) is 0. The fourth-order valence-corrected chi connectivity index (χ4v) is 4.13. The lowest BCUT2D eigenvalue weighted by Crippen LogP contribution is -2.01. The van der Waals surface area contributed by atoms with Crippen LogP contribution in [0.1, 0.15) is 16.8 Å². The molecule has 0 radical (unpaired) electrons. The first-order valence-corrected chi connectivity index (χ1v) is 9.01. The summed E-state index contributed by atoms with van der Waals surface area (Å²) in [5.74, 6) is 0.0199. The number of aromatic amines is 1. The van der Waals surface area contributed by atoms with Gasteiger partial charge in [-0.25, -0.2) is 0 Å². The van der Waals surface area contributed by atoms with Gasteiger partial charge in [0.1, 0.15) is 0 Å². The van der Waals surface area contributed by atoms with Crippen molar-refractivity contribution in [2.24, 2.45) is 0 Å². The zero-order valence-electron chi connectivity index (χ0n) is 14.8. The number of hydrogen-bond acceptors (Lipinski definition) is 4. The second kappa shape index (κ2) is 5.88. The predicted molar refractivity (Wildman–Crippen MR) is 105 cm³/mol. The SMILES string of the molecule is O=[N+]([O-])c1ccc2[nH]c3c(c2c1)-c1c(c(O)n(Cc2ccccc2)c1O)CC3. The van der Waals surface area contributed by atoms with Crippen LogP contribution < -0.4 is 0 Å². The van der Waals surface area contributed by atoms with E-state index in [2.05, 4.69) is 4.98 Å². The highest BCUT2D eigenvalue weighted by Crippen LogP contribution is 2.49. The van der Waals surface area contributed by atoms with Crippen molar-refractivity contribution in [3.63, 3.8) is 0 Å². The van der Waals surface area contributed by atoms with Gasteiger partial charge in [-0.3, -0.25) is 14.7 Å². The molecule has 0 atom stereocenters. The Kier molecular flexibility index (Phi) is 3.45. The van der Waals surface area contributed by atoms with Crippen LogP contribution in [0.15, 0.2) is 48.5 Å². The number of aromatic hydroxyl groups is 2. The average molecular weight is 375 g/mol. The number of aromatic nitrogens is 2. The van der Waals surface area contributed by atoms with Crippen LogP contribution in [-0.4, -0.2) is 24.7 Å². The van der Waals surface area contributed by atoms with Crippen molar-refractivity contribution >= 4 is 16.6 Å². The van der Waals surface area contributed by atoms with Crippen LogP contribution in [0.5, 0.6) is 11.8 Å². The molecule has 5 rings (SSSR count). The molecule has 0 spiro atoms. The van der Waals surface area contributed by atoms with Crippen molar-refractivity contribution in [3.8, 4) is 22.9 Å². The molecule has 140 valence electrons. The molecule has 0 saturated heterocycles. The normalized spacial score (nSPS) is 12.7. The molecule has 0 amide bonds. The van der Waals surface area contributed by atoms with Crippen LogP contribution in [0.3, 0.4) is 0 Å². The van der Waals surface area contributed by atoms with E-state index in [-0.39, 0.29) is 17.4 Å². The fourth-order valence-electron chi connectivity index (χ4n) is 4.13.